The van der Waals surface area contributed by atoms with Crippen LogP contribution in [0.2, 0.25) is 0 Å². The van der Waals surface area contributed by atoms with Crippen LogP contribution in [0, 0.1) is 28.6 Å². The molecular weight excluding hydrogens is 396 g/mol. The van der Waals surface area contributed by atoms with Crippen molar-refractivity contribution in [2.45, 2.75) is 77.4 Å². The van der Waals surface area contributed by atoms with Gasteiger partial charge in [-0.05, 0) is 62.5 Å². The molecule has 31 heavy (non-hydrogen) atoms. The molecule has 0 spiro atoms. The fourth-order valence-corrected chi connectivity index (χ4v) is 7.57. The monoisotopic (exact) mass is 430 g/mol. The van der Waals surface area contributed by atoms with Crippen molar-refractivity contribution in [3.63, 3.8) is 0 Å². The van der Waals surface area contributed by atoms with Gasteiger partial charge in [-0.15, -0.1) is 0 Å². The fraction of sp³-hybridized carbons (Fsp3) is 0.720. The highest BCUT2D eigenvalue weighted by Gasteiger charge is 2.70. The summed E-state index contributed by atoms with van der Waals surface area (Å²) in [5, 5.41) is 21.2. The summed E-state index contributed by atoms with van der Waals surface area (Å²) in [4.78, 5) is 37.5. The number of ether oxygens (including phenoxy) is 1. The van der Waals surface area contributed by atoms with Crippen molar-refractivity contribution < 1.29 is 29.3 Å². The summed E-state index contributed by atoms with van der Waals surface area (Å²) in [7, 11) is 0. The van der Waals surface area contributed by atoms with Gasteiger partial charge in [0.25, 0.3) is 0 Å². The lowest BCUT2D eigenvalue weighted by Crippen LogP contribution is -2.63. The van der Waals surface area contributed by atoms with Crippen molar-refractivity contribution in [1.82, 2.24) is 0 Å². The van der Waals surface area contributed by atoms with Gasteiger partial charge in [-0.25, -0.2) is 0 Å². The molecule has 0 radical (unpaired) electrons. The quantitative estimate of drug-likeness (QED) is 0.651. The number of aliphatic hydroxyl groups is 2. The Labute approximate surface area is 183 Å². The maximum absolute atomic E-state index is 13.1. The van der Waals surface area contributed by atoms with E-state index in [0.29, 0.717) is 25.7 Å². The zero-order valence-corrected chi connectivity index (χ0v) is 18.7. The third-order valence-corrected chi connectivity index (χ3v) is 8.95. The van der Waals surface area contributed by atoms with Crippen LogP contribution in [0.15, 0.2) is 23.8 Å². The molecule has 3 fully saturated rings. The van der Waals surface area contributed by atoms with Gasteiger partial charge in [0.1, 0.15) is 6.61 Å². The van der Waals surface area contributed by atoms with Crippen molar-refractivity contribution in [2.24, 2.45) is 28.6 Å². The average Bonchev–Trinajstić information content (AvgIpc) is 3.00. The number of aliphatic hydroxyl groups excluding tert-OH is 2. The molecule has 4 aliphatic carbocycles. The second-order valence-corrected chi connectivity index (χ2v) is 10.4. The Hall–Kier alpha value is -1.79. The molecule has 6 nitrogen and oxygen atoms in total. The highest BCUT2D eigenvalue weighted by Crippen LogP contribution is 2.67. The van der Waals surface area contributed by atoms with E-state index in [1.807, 2.05) is 19.9 Å². The standard InChI is InChI=1S/C25H34O6/c1-4-5-21(30)31-25(20(29)14-26)11-9-18-17-7-6-15-12-16(27)8-10-23(15,2)22(17)19(28)13-24(18,25)3/h8,10,12,17-19,22,26,28H,4-7,9,11,13-14H2,1-3H3/t17-,18-,19-,22+,23-,24-,25+/m0/s1. The molecule has 0 saturated heterocycles. The van der Waals surface area contributed by atoms with E-state index in [1.54, 1.807) is 12.2 Å². The lowest BCUT2D eigenvalue weighted by atomic mass is 9.46. The molecule has 170 valence electrons. The van der Waals surface area contributed by atoms with Crippen molar-refractivity contribution in [2.75, 3.05) is 6.61 Å². The van der Waals surface area contributed by atoms with Crippen LogP contribution in [0.1, 0.15) is 65.7 Å². The maximum Gasteiger partial charge on any atom is 0.306 e. The van der Waals surface area contributed by atoms with E-state index in [1.165, 1.54) is 0 Å². The summed E-state index contributed by atoms with van der Waals surface area (Å²) in [5.74, 6) is -0.698. The predicted molar refractivity (Wildman–Crippen MR) is 114 cm³/mol. The Morgan fingerprint density at radius 1 is 1.26 bits per heavy atom. The van der Waals surface area contributed by atoms with Gasteiger partial charge >= 0.3 is 5.97 Å². The van der Waals surface area contributed by atoms with Gasteiger partial charge < -0.3 is 14.9 Å². The van der Waals surface area contributed by atoms with Crippen molar-refractivity contribution in [1.29, 1.82) is 0 Å². The number of rotatable bonds is 5. The molecule has 4 aliphatic rings. The van der Waals surface area contributed by atoms with E-state index >= 15 is 0 Å². The Kier molecular flexibility index (Phi) is 5.54. The van der Waals surface area contributed by atoms with Crippen molar-refractivity contribution >= 4 is 17.5 Å². The molecule has 0 amide bonds. The van der Waals surface area contributed by atoms with Crippen LogP contribution in [0.3, 0.4) is 0 Å². The van der Waals surface area contributed by atoms with Crippen LogP contribution in [-0.4, -0.2) is 46.1 Å². The minimum atomic E-state index is -1.39. The van der Waals surface area contributed by atoms with Gasteiger partial charge in [-0.3, -0.25) is 14.4 Å². The first-order valence-corrected chi connectivity index (χ1v) is 11.6. The highest BCUT2D eigenvalue weighted by atomic mass is 16.6. The van der Waals surface area contributed by atoms with E-state index in [-0.39, 0.29) is 35.4 Å². The molecule has 2 N–H and O–H groups in total. The number of ketones is 2. The van der Waals surface area contributed by atoms with Gasteiger partial charge in [0.2, 0.25) is 5.78 Å². The second-order valence-electron chi connectivity index (χ2n) is 10.4. The van der Waals surface area contributed by atoms with Crippen LogP contribution in [0.4, 0.5) is 0 Å². The van der Waals surface area contributed by atoms with Crippen LogP contribution in [0.25, 0.3) is 0 Å². The summed E-state index contributed by atoms with van der Waals surface area (Å²) >= 11 is 0. The molecule has 3 saturated carbocycles. The fourth-order valence-electron chi connectivity index (χ4n) is 7.57. The van der Waals surface area contributed by atoms with Crippen LogP contribution < -0.4 is 0 Å². The zero-order chi connectivity index (χ0) is 22.6. The summed E-state index contributed by atoms with van der Waals surface area (Å²) in [6.45, 7) is 5.27. The SMILES string of the molecule is CCCC(=O)O[C@@]1(C(=O)CO)CC[C@H]2[C@@H]3CCC4=CC(=O)C=C[C@]4(C)[C@H]3[C@@H](O)C[C@@]21C. The molecule has 4 rings (SSSR count). The lowest BCUT2D eigenvalue weighted by molar-refractivity contribution is -0.200. The van der Waals surface area contributed by atoms with Gasteiger partial charge in [0.05, 0.1) is 6.10 Å². The molecule has 0 aliphatic heterocycles. The van der Waals surface area contributed by atoms with Crippen molar-refractivity contribution in [3.8, 4) is 0 Å². The zero-order valence-electron chi connectivity index (χ0n) is 18.7. The summed E-state index contributed by atoms with van der Waals surface area (Å²) < 4.78 is 5.91. The van der Waals surface area contributed by atoms with Crippen LogP contribution in [-0.2, 0) is 19.1 Å². The summed E-state index contributed by atoms with van der Waals surface area (Å²) in [6, 6.07) is 0. The molecule has 0 unspecified atom stereocenters. The van der Waals surface area contributed by atoms with E-state index in [4.69, 9.17) is 4.74 Å². The first-order chi connectivity index (χ1) is 14.6. The minimum absolute atomic E-state index is 0.00248. The molecule has 0 aromatic heterocycles. The second kappa shape index (κ2) is 7.66. The number of fused-ring (bicyclic) bond motifs is 5. The highest BCUT2D eigenvalue weighted by molar-refractivity contribution is 6.01. The molecule has 0 aromatic rings. The number of allylic oxidation sites excluding steroid dienone is 4. The smallest absolute Gasteiger partial charge is 0.306 e. The first kappa shape index (κ1) is 22.4. The Morgan fingerprint density at radius 3 is 2.68 bits per heavy atom. The number of esters is 1. The summed E-state index contributed by atoms with van der Waals surface area (Å²) in [6.07, 6.45) is 8.46. The Morgan fingerprint density at radius 2 is 2.00 bits per heavy atom. The number of carbonyl (C=O) groups excluding carboxylic acids is 3. The van der Waals surface area contributed by atoms with Crippen molar-refractivity contribution in [3.05, 3.63) is 23.8 Å². The van der Waals surface area contributed by atoms with E-state index in [2.05, 4.69) is 6.92 Å². The van der Waals surface area contributed by atoms with E-state index in [0.717, 1.165) is 18.4 Å². The van der Waals surface area contributed by atoms with Gasteiger partial charge in [0.15, 0.2) is 11.4 Å². The number of Topliss-reactive ketones (excluding diaryl/α,β-unsaturated/α-hetero) is 1. The molecule has 6 heteroatoms. The Balaban J connectivity index is 1.73. The molecule has 0 heterocycles. The molecule has 7 atom stereocenters. The van der Waals surface area contributed by atoms with E-state index < -0.39 is 35.5 Å². The third kappa shape index (κ3) is 3.09. The lowest BCUT2D eigenvalue weighted by Gasteiger charge is -2.59. The first-order valence-electron chi connectivity index (χ1n) is 11.6. The number of hydrogen-bond donors (Lipinski definition) is 2. The normalized spacial score (nSPS) is 43.5. The van der Waals surface area contributed by atoms with Crippen LogP contribution in [0.5, 0.6) is 0 Å². The van der Waals surface area contributed by atoms with Gasteiger partial charge in [0, 0.05) is 23.2 Å². The average molecular weight is 431 g/mol. The minimum Gasteiger partial charge on any atom is -0.450 e. The maximum atomic E-state index is 13.1. The number of carbonyl (C=O) groups is 3. The molecule has 0 bridgehead atoms. The predicted octanol–water partition coefficient (Wildman–Crippen LogP) is 2.91. The van der Waals surface area contributed by atoms with Crippen LogP contribution >= 0.6 is 0 Å². The van der Waals surface area contributed by atoms with Gasteiger partial charge in [-0.2, -0.15) is 0 Å². The number of hydrogen-bond acceptors (Lipinski definition) is 6. The summed E-state index contributed by atoms with van der Waals surface area (Å²) in [5.41, 5.74) is -1.43. The largest absolute Gasteiger partial charge is 0.450 e. The topological polar surface area (TPSA) is 101 Å². The Bertz CT molecular complexity index is 858. The molecular formula is C25H34O6. The van der Waals surface area contributed by atoms with Gasteiger partial charge in [-0.1, -0.05) is 32.4 Å². The molecule has 0 aromatic carbocycles. The van der Waals surface area contributed by atoms with E-state index in [9.17, 15) is 24.6 Å². The third-order valence-electron chi connectivity index (χ3n) is 8.95.